The van der Waals surface area contributed by atoms with Gasteiger partial charge in [0.2, 0.25) is 0 Å². The molecule has 0 radical (unpaired) electrons. The summed E-state index contributed by atoms with van der Waals surface area (Å²) in [5, 5.41) is 8.68. The molecule has 62 valence electrons. The molecule has 0 aromatic heterocycles. The van der Waals surface area contributed by atoms with Gasteiger partial charge in [-0.05, 0) is 36.6 Å². The van der Waals surface area contributed by atoms with Crippen molar-refractivity contribution in [3.63, 3.8) is 0 Å². The standard InChI is InChI=1S/C10H12N2/c1-3-9-5-8(6-11)4-7(2)10(9)12/h4-5H,3,12H2,1-2H3. The number of nitriles is 1. The van der Waals surface area contributed by atoms with Gasteiger partial charge in [0.1, 0.15) is 0 Å². The lowest BCUT2D eigenvalue weighted by molar-refractivity contribution is 1.13. The Morgan fingerprint density at radius 1 is 1.50 bits per heavy atom. The van der Waals surface area contributed by atoms with E-state index in [0.29, 0.717) is 5.56 Å². The smallest absolute Gasteiger partial charge is 0.0991 e. The van der Waals surface area contributed by atoms with Crippen molar-refractivity contribution >= 4 is 5.69 Å². The zero-order valence-corrected chi connectivity index (χ0v) is 7.39. The number of aryl methyl sites for hydroxylation is 2. The van der Waals surface area contributed by atoms with Gasteiger partial charge in [0.15, 0.2) is 0 Å². The number of hydrogen-bond acceptors (Lipinski definition) is 2. The number of rotatable bonds is 1. The van der Waals surface area contributed by atoms with Crippen LogP contribution in [0.1, 0.15) is 23.6 Å². The number of hydrogen-bond donors (Lipinski definition) is 1. The molecule has 0 amide bonds. The highest BCUT2D eigenvalue weighted by Gasteiger charge is 2.02. The van der Waals surface area contributed by atoms with Crippen LogP contribution in [0.2, 0.25) is 0 Å². The van der Waals surface area contributed by atoms with E-state index in [-0.39, 0.29) is 0 Å². The molecule has 0 aliphatic carbocycles. The lowest BCUT2D eigenvalue weighted by Gasteiger charge is -2.06. The first-order chi connectivity index (χ1) is 5.69. The van der Waals surface area contributed by atoms with Crippen LogP contribution in [0, 0.1) is 18.3 Å². The molecule has 0 atom stereocenters. The third-order valence-electron chi connectivity index (χ3n) is 1.98. The highest BCUT2D eigenvalue weighted by atomic mass is 14.6. The zero-order chi connectivity index (χ0) is 9.14. The van der Waals surface area contributed by atoms with Gasteiger partial charge in [-0.3, -0.25) is 0 Å². The van der Waals surface area contributed by atoms with Gasteiger partial charge in [0, 0.05) is 5.69 Å². The molecule has 0 aliphatic heterocycles. The van der Waals surface area contributed by atoms with Gasteiger partial charge in [-0.2, -0.15) is 5.26 Å². The minimum Gasteiger partial charge on any atom is -0.398 e. The van der Waals surface area contributed by atoms with E-state index in [9.17, 15) is 0 Å². The summed E-state index contributed by atoms with van der Waals surface area (Å²) in [5.74, 6) is 0. The monoisotopic (exact) mass is 160 g/mol. The van der Waals surface area contributed by atoms with Crippen molar-refractivity contribution in [3.05, 3.63) is 28.8 Å². The molecule has 12 heavy (non-hydrogen) atoms. The molecule has 0 saturated carbocycles. The Labute approximate surface area is 72.6 Å². The summed E-state index contributed by atoms with van der Waals surface area (Å²) in [4.78, 5) is 0. The maximum absolute atomic E-state index is 8.68. The van der Waals surface area contributed by atoms with Gasteiger partial charge in [0.05, 0.1) is 11.6 Å². The number of anilines is 1. The third kappa shape index (κ3) is 1.40. The quantitative estimate of drug-likeness (QED) is 0.639. The summed E-state index contributed by atoms with van der Waals surface area (Å²) in [6, 6.07) is 5.78. The molecule has 0 saturated heterocycles. The fraction of sp³-hybridized carbons (Fsp3) is 0.300. The highest BCUT2D eigenvalue weighted by molar-refractivity contribution is 5.57. The van der Waals surface area contributed by atoms with Gasteiger partial charge in [-0.1, -0.05) is 6.92 Å². The molecular formula is C10H12N2. The van der Waals surface area contributed by atoms with Crippen LogP contribution in [-0.2, 0) is 6.42 Å². The molecule has 0 aliphatic rings. The molecule has 2 heteroatoms. The van der Waals surface area contributed by atoms with Crippen LogP contribution in [0.25, 0.3) is 0 Å². The Morgan fingerprint density at radius 2 is 2.17 bits per heavy atom. The van der Waals surface area contributed by atoms with E-state index in [0.717, 1.165) is 23.2 Å². The Morgan fingerprint density at radius 3 is 2.67 bits per heavy atom. The number of nitrogen functional groups attached to an aromatic ring is 1. The van der Waals surface area contributed by atoms with Gasteiger partial charge in [0.25, 0.3) is 0 Å². The second-order valence-corrected chi connectivity index (χ2v) is 2.83. The van der Waals surface area contributed by atoms with Crippen LogP contribution in [0.4, 0.5) is 5.69 Å². The Bertz CT molecular complexity index is 334. The Hall–Kier alpha value is -1.49. The Kier molecular flexibility index (Phi) is 2.35. The molecule has 2 nitrogen and oxygen atoms in total. The molecule has 0 unspecified atom stereocenters. The minimum atomic E-state index is 0.693. The zero-order valence-electron chi connectivity index (χ0n) is 7.39. The van der Waals surface area contributed by atoms with Crippen LogP contribution in [0.15, 0.2) is 12.1 Å². The summed E-state index contributed by atoms with van der Waals surface area (Å²) < 4.78 is 0. The first-order valence-electron chi connectivity index (χ1n) is 3.98. The maximum Gasteiger partial charge on any atom is 0.0991 e. The maximum atomic E-state index is 8.68. The van der Waals surface area contributed by atoms with Crippen molar-refractivity contribution in [2.75, 3.05) is 5.73 Å². The SMILES string of the molecule is CCc1cc(C#N)cc(C)c1N. The largest absolute Gasteiger partial charge is 0.398 e. The van der Waals surface area contributed by atoms with Crippen molar-refractivity contribution in [2.45, 2.75) is 20.3 Å². The van der Waals surface area contributed by atoms with E-state index in [4.69, 9.17) is 11.0 Å². The van der Waals surface area contributed by atoms with Crippen LogP contribution >= 0.6 is 0 Å². The van der Waals surface area contributed by atoms with E-state index in [1.165, 1.54) is 0 Å². The van der Waals surface area contributed by atoms with Crippen LogP contribution in [0.3, 0.4) is 0 Å². The third-order valence-corrected chi connectivity index (χ3v) is 1.98. The van der Waals surface area contributed by atoms with Gasteiger partial charge < -0.3 is 5.73 Å². The van der Waals surface area contributed by atoms with Crippen molar-refractivity contribution < 1.29 is 0 Å². The lowest BCUT2D eigenvalue weighted by atomic mass is 10.0. The molecule has 2 N–H and O–H groups in total. The number of nitrogens with two attached hydrogens (primary N) is 1. The summed E-state index contributed by atoms with van der Waals surface area (Å²) in [6.45, 7) is 3.96. The Balaban J connectivity index is 3.31. The first kappa shape index (κ1) is 8.61. The highest BCUT2D eigenvalue weighted by Crippen LogP contribution is 2.19. The van der Waals surface area contributed by atoms with Crippen molar-refractivity contribution in [1.29, 1.82) is 5.26 Å². The second-order valence-electron chi connectivity index (χ2n) is 2.83. The summed E-state index contributed by atoms with van der Waals surface area (Å²) in [7, 11) is 0. The normalized spacial score (nSPS) is 9.42. The second kappa shape index (κ2) is 3.27. The molecule has 0 bridgehead atoms. The van der Waals surface area contributed by atoms with Gasteiger partial charge >= 0.3 is 0 Å². The van der Waals surface area contributed by atoms with E-state index in [1.807, 2.05) is 26.0 Å². The predicted octanol–water partition coefficient (Wildman–Crippen LogP) is 2.01. The van der Waals surface area contributed by atoms with Crippen molar-refractivity contribution in [3.8, 4) is 6.07 Å². The topological polar surface area (TPSA) is 49.8 Å². The van der Waals surface area contributed by atoms with Crippen molar-refractivity contribution in [2.24, 2.45) is 0 Å². The van der Waals surface area contributed by atoms with E-state index < -0.39 is 0 Å². The molecule has 0 heterocycles. The van der Waals surface area contributed by atoms with Gasteiger partial charge in [-0.25, -0.2) is 0 Å². The van der Waals surface area contributed by atoms with E-state index in [2.05, 4.69) is 6.07 Å². The average Bonchev–Trinajstić information content (AvgIpc) is 2.09. The summed E-state index contributed by atoms with van der Waals surface area (Å²) >= 11 is 0. The van der Waals surface area contributed by atoms with Crippen LogP contribution in [-0.4, -0.2) is 0 Å². The molecule has 1 rings (SSSR count). The van der Waals surface area contributed by atoms with Crippen LogP contribution in [0.5, 0.6) is 0 Å². The fourth-order valence-corrected chi connectivity index (χ4v) is 1.23. The molecular weight excluding hydrogens is 148 g/mol. The van der Waals surface area contributed by atoms with E-state index >= 15 is 0 Å². The van der Waals surface area contributed by atoms with Crippen LogP contribution < -0.4 is 5.73 Å². The predicted molar refractivity (Wildman–Crippen MR) is 49.7 cm³/mol. The van der Waals surface area contributed by atoms with Crippen molar-refractivity contribution in [1.82, 2.24) is 0 Å². The molecule has 1 aromatic rings. The summed E-state index contributed by atoms with van der Waals surface area (Å²) in [5.41, 5.74) is 9.37. The van der Waals surface area contributed by atoms with Gasteiger partial charge in [-0.15, -0.1) is 0 Å². The lowest BCUT2D eigenvalue weighted by Crippen LogP contribution is -1.97. The molecule has 1 aromatic carbocycles. The first-order valence-corrected chi connectivity index (χ1v) is 3.98. The minimum absolute atomic E-state index is 0.693. The average molecular weight is 160 g/mol. The van der Waals surface area contributed by atoms with E-state index in [1.54, 1.807) is 0 Å². The number of nitrogens with zero attached hydrogens (tertiary/aromatic N) is 1. The fourth-order valence-electron chi connectivity index (χ4n) is 1.23. The molecule has 0 fully saturated rings. The number of benzene rings is 1. The molecule has 0 spiro atoms. The summed E-state index contributed by atoms with van der Waals surface area (Å²) in [6.07, 6.45) is 0.877.